The highest BCUT2D eigenvalue weighted by atomic mass is 16.3. The molecule has 3 heteroatoms. The number of aliphatic hydroxyl groups excluding tert-OH is 1. The fourth-order valence-corrected chi connectivity index (χ4v) is 2.36. The molecule has 1 amide bonds. The van der Waals surface area contributed by atoms with Crippen LogP contribution in [0.1, 0.15) is 25.8 Å². The number of carbonyl (C=O) groups excluding carboxylic acids is 1. The van der Waals surface area contributed by atoms with Crippen LogP contribution in [0.2, 0.25) is 0 Å². The Labute approximate surface area is 95.7 Å². The number of fused-ring (bicyclic) bond motifs is 1. The first kappa shape index (κ1) is 11.1. The van der Waals surface area contributed by atoms with E-state index in [4.69, 9.17) is 5.11 Å². The summed E-state index contributed by atoms with van der Waals surface area (Å²) in [4.78, 5) is 14.0. The predicted octanol–water partition coefficient (Wildman–Crippen LogP) is 1.69. The summed E-state index contributed by atoms with van der Waals surface area (Å²) < 4.78 is 0. The van der Waals surface area contributed by atoms with Crippen LogP contribution in [-0.4, -0.2) is 24.2 Å². The van der Waals surface area contributed by atoms with Crippen LogP contribution >= 0.6 is 0 Å². The molecule has 0 saturated heterocycles. The second kappa shape index (κ2) is 3.91. The first-order chi connectivity index (χ1) is 7.65. The molecular weight excluding hydrogens is 202 g/mol. The standard InChI is InChI=1S/C13H17NO2/c1-3-13(2)10-6-4-5-7-11(10)14(8-9-15)12(13)16/h4-7,15H,3,8-9H2,1-2H3. The number of hydrogen-bond donors (Lipinski definition) is 1. The first-order valence-corrected chi connectivity index (χ1v) is 5.67. The second-order valence-electron chi connectivity index (χ2n) is 4.38. The minimum Gasteiger partial charge on any atom is -0.395 e. The van der Waals surface area contributed by atoms with Crippen molar-refractivity contribution in [1.82, 2.24) is 0 Å². The highest BCUT2D eigenvalue weighted by molar-refractivity contribution is 6.07. The third-order valence-corrected chi connectivity index (χ3v) is 3.54. The molecule has 3 nitrogen and oxygen atoms in total. The van der Waals surface area contributed by atoms with Gasteiger partial charge in [0, 0.05) is 12.2 Å². The van der Waals surface area contributed by atoms with Gasteiger partial charge in [-0.3, -0.25) is 4.79 Å². The maximum atomic E-state index is 12.3. The van der Waals surface area contributed by atoms with Crippen LogP contribution in [0.5, 0.6) is 0 Å². The zero-order valence-corrected chi connectivity index (χ0v) is 9.73. The fraction of sp³-hybridized carbons (Fsp3) is 0.462. The van der Waals surface area contributed by atoms with Gasteiger partial charge in [0.2, 0.25) is 5.91 Å². The predicted molar refractivity (Wildman–Crippen MR) is 63.5 cm³/mol. The summed E-state index contributed by atoms with van der Waals surface area (Å²) in [5, 5.41) is 9.02. The van der Waals surface area contributed by atoms with Crippen molar-refractivity contribution in [3.8, 4) is 0 Å². The minimum atomic E-state index is -0.425. The lowest BCUT2D eigenvalue weighted by molar-refractivity contribution is -0.122. The highest BCUT2D eigenvalue weighted by Gasteiger charge is 2.45. The largest absolute Gasteiger partial charge is 0.395 e. The van der Waals surface area contributed by atoms with E-state index < -0.39 is 5.41 Å². The summed E-state index contributed by atoms with van der Waals surface area (Å²) in [6.45, 7) is 4.38. The molecule has 1 unspecified atom stereocenters. The Morgan fingerprint density at radius 3 is 2.69 bits per heavy atom. The molecule has 0 fully saturated rings. The minimum absolute atomic E-state index is 0.000130. The summed E-state index contributed by atoms with van der Waals surface area (Å²) >= 11 is 0. The topological polar surface area (TPSA) is 40.5 Å². The van der Waals surface area contributed by atoms with Gasteiger partial charge in [0.05, 0.1) is 12.0 Å². The number of para-hydroxylation sites is 1. The quantitative estimate of drug-likeness (QED) is 0.840. The molecule has 0 aliphatic carbocycles. The molecule has 1 aliphatic heterocycles. The number of anilines is 1. The smallest absolute Gasteiger partial charge is 0.237 e. The molecule has 1 atom stereocenters. The first-order valence-electron chi connectivity index (χ1n) is 5.67. The number of benzene rings is 1. The molecule has 1 aromatic carbocycles. The summed E-state index contributed by atoms with van der Waals surface area (Å²) in [6, 6.07) is 7.85. The van der Waals surface area contributed by atoms with Gasteiger partial charge in [-0.05, 0) is 25.0 Å². The Kier molecular flexibility index (Phi) is 2.72. The van der Waals surface area contributed by atoms with Gasteiger partial charge in [0.25, 0.3) is 0 Å². The van der Waals surface area contributed by atoms with Crippen molar-refractivity contribution in [2.24, 2.45) is 0 Å². The van der Waals surface area contributed by atoms with Gasteiger partial charge in [-0.15, -0.1) is 0 Å². The third-order valence-electron chi connectivity index (χ3n) is 3.54. The molecular formula is C13H17NO2. The summed E-state index contributed by atoms with van der Waals surface area (Å²) in [5.41, 5.74) is 1.60. The van der Waals surface area contributed by atoms with E-state index in [1.807, 2.05) is 38.1 Å². The van der Waals surface area contributed by atoms with Crippen LogP contribution in [-0.2, 0) is 10.2 Å². The van der Waals surface area contributed by atoms with Crippen molar-refractivity contribution >= 4 is 11.6 Å². The van der Waals surface area contributed by atoms with Gasteiger partial charge < -0.3 is 10.0 Å². The van der Waals surface area contributed by atoms with Crippen molar-refractivity contribution in [2.45, 2.75) is 25.7 Å². The Morgan fingerprint density at radius 1 is 1.38 bits per heavy atom. The second-order valence-corrected chi connectivity index (χ2v) is 4.38. The molecule has 0 radical (unpaired) electrons. The van der Waals surface area contributed by atoms with Gasteiger partial charge in [-0.2, -0.15) is 0 Å². The fourth-order valence-electron chi connectivity index (χ4n) is 2.36. The van der Waals surface area contributed by atoms with Crippen molar-refractivity contribution < 1.29 is 9.90 Å². The molecule has 0 spiro atoms. The third kappa shape index (κ3) is 1.35. The average molecular weight is 219 g/mol. The van der Waals surface area contributed by atoms with Crippen molar-refractivity contribution in [2.75, 3.05) is 18.1 Å². The number of hydrogen-bond acceptors (Lipinski definition) is 2. The number of nitrogens with zero attached hydrogens (tertiary/aromatic N) is 1. The lowest BCUT2D eigenvalue weighted by atomic mass is 9.81. The van der Waals surface area contributed by atoms with Crippen LogP contribution in [0.3, 0.4) is 0 Å². The molecule has 2 rings (SSSR count). The Morgan fingerprint density at radius 2 is 2.06 bits per heavy atom. The maximum Gasteiger partial charge on any atom is 0.237 e. The summed E-state index contributed by atoms with van der Waals surface area (Å²) in [5.74, 6) is 0.102. The van der Waals surface area contributed by atoms with Crippen LogP contribution in [0.4, 0.5) is 5.69 Å². The van der Waals surface area contributed by atoms with Crippen molar-refractivity contribution in [1.29, 1.82) is 0 Å². The summed E-state index contributed by atoms with van der Waals surface area (Å²) in [6.07, 6.45) is 0.783. The van der Waals surface area contributed by atoms with Crippen molar-refractivity contribution in [3.63, 3.8) is 0 Å². The van der Waals surface area contributed by atoms with E-state index in [-0.39, 0.29) is 12.5 Å². The molecule has 16 heavy (non-hydrogen) atoms. The lowest BCUT2D eigenvalue weighted by Gasteiger charge is -2.22. The normalized spacial score (nSPS) is 23.7. The monoisotopic (exact) mass is 219 g/mol. The van der Waals surface area contributed by atoms with E-state index in [1.165, 1.54) is 0 Å². The zero-order chi connectivity index (χ0) is 11.8. The molecule has 1 N–H and O–H groups in total. The number of amides is 1. The average Bonchev–Trinajstić information content (AvgIpc) is 2.53. The van der Waals surface area contributed by atoms with Gasteiger partial charge >= 0.3 is 0 Å². The number of aliphatic hydroxyl groups is 1. The number of carbonyl (C=O) groups is 1. The van der Waals surface area contributed by atoms with E-state index in [0.29, 0.717) is 6.54 Å². The molecule has 1 heterocycles. The molecule has 0 bridgehead atoms. The zero-order valence-electron chi connectivity index (χ0n) is 9.73. The number of β-amino-alcohol motifs (C(OH)–C–C–N with tert-alkyl or cyclic N) is 1. The van der Waals surface area contributed by atoms with E-state index in [2.05, 4.69) is 0 Å². The van der Waals surface area contributed by atoms with E-state index in [0.717, 1.165) is 17.7 Å². The number of rotatable bonds is 3. The summed E-state index contributed by atoms with van der Waals surface area (Å²) in [7, 11) is 0. The van der Waals surface area contributed by atoms with Gasteiger partial charge in [0.15, 0.2) is 0 Å². The van der Waals surface area contributed by atoms with Crippen LogP contribution in [0.25, 0.3) is 0 Å². The lowest BCUT2D eigenvalue weighted by Crippen LogP contribution is -2.39. The van der Waals surface area contributed by atoms with E-state index >= 15 is 0 Å². The van der Waals surface area contributed by atoms with Crippen LogP contribution in [0.15, 0.2) is 24.3 Å². The molecule has 0 aromatic heterocycles. The van der Waals surface area contributed by atoms with Gasteiger partial charge in [-0.1, -0.05) is 25.1 Å². The van der Waals surface area contributed by atoms with Gasteiger partial charge in [-0.25, -0.2) is 0 Å². The molecule has 0 saturated carbocycles. The van der Waals surface area contributed by atoms with Crippen molar-refractivity contribution in [3.05, 3.63) is 29.8 Å². The Balaban J connectivity index is 2.53. The van der Waals surface area contributed by atoms with E-state index in [9.17, 15) is 4.79 Å². The SMILES string of the molecule is CCC1(C)C(=O)N(CCO)c2ccccc21. The molecule has 86 valence electrons. The van der Waals surface area contributed by atoms with Crippen LogP contribution in [0, 0.1) is 0 Å². The van der Waals surface area contributed by atoms with Crippen LogP contribution < -0.4 is 4.90 Å². The maximum absolute atomic E-state index is 12.3. The van der Waals surface area contributed by atoms with E-state index in [1.54, 1.807) is 4.90 Å². The molecule has 1 aromatic rings. The Hall–Kier alpha value is -1.35. The molecule has 1 aliphatic rings. The van der Waals surface area contributed by atoms with Gasteiger partial charge in [0.1, 0.15) is 0 Å². The Bertz CT molecular complexity index is 416. The highest BCUT2D eigenvalue weighted by Crippen LogP contribution is 2.43.